The van der Waals surface area contributed by atoms with Gasteiger partial charge < -0.3 is 10.2 Å². The van der Waals surface area contributed by atoms with Crippen LogP contribution in [0.5, 0.6) is 0 Å². The van der Waals surface area contributed by atoms with E-state index in [1.54, 1.807) is 11.3 Å². The molecule has 4 heteroatoms. The van der Waals surface area contributed by atoms with E-state index in [0.717, 1.165) is 17.2 Å². The maximum Gasteiger partial charge on any atom is 0.190 e. The zero-order valence-electron chi connectivity index (χ0n) is 12.9. The van der Waals surface area contributed by atoms with Gasteiger partial charge in [-0.3, -0.25) is 0 Å². The summed E-state index contributed by atoms with van der Waals surface area (Å²) in [5.41, 5.74) is 3.66. The van der Waals surface area contributed by atoms with Crippen LogP contribution < -0.4 is 10.2 Å². The summed E-state index contributed by atoms with van der Waals surface area (Å²) in [6.45, 7) is 6.42. The lowest BCUT2D eigenvalue weighted by molar-refractivity contribution is 0.658. The molecule has 0 radical (unpaired) electrons. The number of hydrogen-bond donors (Lipinski definition) is 1. The molecule has 0 bridgehead atoms. The molecule has 0 fully saturated rings. The number of nitrogens with one attached hydrogen (secondary N) is 1. The molecule has 108 valence electrons. The zero-order valence-corrected chi connectivity index (χ0v) is 13.7. The summed E-state index contributed by atoms with van der Waals surface area (Å²) in [6.07, 6.45) is 1.07. The third kappa shape index (κ3) is 3.02. The van der Waals surface area contributed by atoms with E-state index >= 15 is 0 Å². The SMILES string of the molecule is CCc1ccc(N(C)c2nc(C)c(C(C)NC)s2)cc1. The maximum atomic E-state index is 4.70. The van der Waals surface area contributed by atoms with Gasteiger partial charge in [-0.15, -0.1) is 0 Å². The van der Waals surface area contributed by atoms with Crippen LogP contribution in [0.4, 0.5) is 10.8 Å². The van der Waals surface area contributed by atoms with Crippen LogP contribution in [0.1, 0.15) is 36.0 Å². The van der Waals surface area contributed by atoms with Gasteiger partial charge in [0.05, 0.1) is 5.69 Å². The number of benzene rings is 1. The molecule has 3 nitrogen and oxygen atoms in total. The van der Waals surface area contributed by atoms with E-state index < -0.39 is 0 Å². The van der Waals surface area contributed by atoms with E-state index in [0.29, 0.717) is 6.04 Å². The quantitative estimate of drug-likeness (QED) is 0.899. The molecule has 1 atom stereocenters. The van der Waals surface area contributed by atoms with Crippen molar-refractivity contribution in [2.75, 3.05) is 19.0 Å². The second-order valence-electron chi connectivity index (χ2n) is 5.04. The minimum absolute atomic E-state index is 0.345. The Labute approximate surface area is 125 Å². The van der Waals surface area contributed by atoms with Crippen molar-refractivity contribution >= 4 is 22.2 Å². The molecule has 0 aliphatic heterocycles. The van der Waals surface area contributed by atoms with Gasteiger partial charge >= 0.3 is 0 Å². The molecule has 0 aliphatic rings. The summed E-state index contributed by atoms with van der Waals surface area (Å²) in [7, 11) is 4.06. The highest BCUT2D eigenvalue weighted by Gasteiger charge is 2.15. The fourth-order valence-corrected chi connectivity index (χ4v) is 3.25. The number of aromatic nitrogens is 1. The number of thiazole rings is 1. The van der Waals surface area contributed by atoms with Gasteiger partial charge in [0.1, 0.15) is 0 Å². The van der Waals surface area contributed by atoms with Crippen LogP contribution in [0, 0.1) is 6.92 Å². The van der Waals surface area contributed by atoms with Crippen molar-refractivity contribution < 1.29 is 0 Å². The molecule has 1 aromatic heterocycles. The Morgan fingerprint density at radius 3 is 2.50 bits per heavy atom. The molecule has 0 saturated heterocycles. The summed E-state index contributed by atoms with van der Waals surface area (Å²) in [6, 6.07) is 9.04. The number of anilines is 2. The van der Waals surface area contributed by atoms with Gasteiger partial charge in [-0.1, -0.05) is 30.4 Å². The van der Waals surface area contributed by atoms with Crippen molar-refractivity contribution in [3.05, 3.63) is 40.4 Å². The second-order valence-corrected chi connectivity index (χ2v) is 6.04. The fourth-order valence-electron chi connectivity index (χ4n) is 2.14. The lowest BCUT2D eigenvalue weighted by Crippen LogP contribution is -2.11. The van der Waals surface area contributed by atoms with Gasteiger partial charge in [-0.2, -0.15) is 0 Å². The molecule has 2 rings (SSSR count). The lowest BCUT2D eigenvalue weighted by atomic mass is 10.1. The van der Waals surface area contributed by atoms with Crippen LogP contribution in [0.25, 0.3) is 0 Å². The first-order chi connectivity index (χ1) is 9.56. The molecule has 0 amide bonds. The second kappa shape index (κ2) is 6.37. The van der Waals surface area contributed by atoms with Crippen LogP contribution in [0.2, 0.25) is 0 Å². The molecule has 1 aromatic carbocycles. The predicted molar refractivity (Wildman–Crippen MR) is 88.2 cm³/mol. The van der Waals surface area contributed by atoms with Crippen molar-refractivity contribution in [1.82, 2.24) is 10.3 Å². The number of nitrogens with zero attached hydrogens (tertiary/aromatic N) is 2. The van der Waals surface area contributed by atoms with Crippen LogP contribution in [-0.2, 0) is 6.42 Å². The highest BCUT2D eigenvalue weighted by Crippen LogP contribution is 2.33. The largest absolute Gasteiger partial charge is 0.321 e. The van der Waals surface area contributed by atoms with Crippen LogP contribution in [0.3, 0.4) is 0 Å². The van der Waals surface area contributed by atoms with Crippen molar-refractivity contribution in [3.63, 3.8) is 0 Å². The fraction of sp³-hybridized carbons (Fsp3) is 0.438. The Bertz CT molecular complexity index is 560. The van der Waals surface area contributed by atoms with Gasteiger partial charge in [0.25, 0.3) is 0 Å². The molecule has 1 heterocycles. The van der Waals surface area contributed by atoms with E-state index in [9.17, 15) is 0 Å². The summed E-state index contributed by atoms with van der Waals surface area (Å²) in [4.78, 5) is 8.16. The van der Waals surface area contributed by atoms with Crippen LogP contribution >= 0.6 is 11.3 Å². The molecule has 20 heavy (non-hydrogen) atoms. The molecular weight excluding hydrogens is 266 g/mol. The molecule has 0 aliphatic carbocycles. The first kappa shape index (κ1) is 15.0. The first-order valence-electron chi connectivity index (χ1n) is 7.04. The molecule has 2 aromatic rings. The number of aryl methyl sites for hydroxylation is 2. The van der Waals surface area contributed by atoms with E-state index in [-0.39, 0.29) is 0 Å². The normalized spacial score (nSPS) is 12.4. The lowest BCUT2D eigenvalue weighted by Gasteiger charge is -2.16. The van der Waals surface area contributed by atoms with Crippen molar-refractivity contribution in [2.45, 2.75) is 33.2 Å². The minimum Gasteiger partial charge on any atom is -0.321 e. The van der Waals surface area contributed by atoms with Gasteiger partial charge in [0.2, 0.25) is 0 Å². The average Bonchev–Trinajstić information content (AvgIpc) is 2.87. The van der Waals surface area contributed by atoms with Gasteiger partial charge in [0.15, 0.2) is 5.13 Å². The molecular formula is C16H23N3S. The van der Waals surface area contributed by atoms with Crippen molar-refractivity contribution in [2.24, 2.45) is 0 Å². The number of hydrogen-bond acceptors (Lipinski definition) is 4. The average molecular weight is 289 g/mol. The summed E-state index contributed by atoms with van der Waals surface area (Å²) in [5, 5.41) is 4.33. The minimum atomic E-state index is 0.345. The van der Waals surface area contributed by atoms with Crippen LogP contribution in [0.15, 0.2) is 24.3 Å². The van der Waals surface area contributed by atoms with Gasteiger partial charge in [0, 0.05) is 23.7 Å². The summed E-state index contributed by atoms with van der Waals surface area (Å²) in [5.74, 6) is 0. The first-order valence-corrected chi connectivity index (χ1v) is 7.85. The Morgan fingerprint density at radius 1 is 1.30 bits per heavy atom. The molecule has 0 spiro atoms. The summed E-state index contributed by atoms with van der Waals surface area (Å²) >= 11 is 1.76. The van der Waals surface area contributed by atoms with E-state index in [1.807, 2.05) is 7.05 Å². The Balaban J connectivity index is 2.26. The van der Waals surface area contributed by atoms with Gasteiger partial charge in [-0.25, -0.2) is 4.98 Å². The van der Waals surface area contributed by atoms with Gasteiger partial charge in [-0.05, 0) is 45.0 Å². The Hall–Kier alpha value is -1.39. The smallest absolute Gasteiger partial charge is 0.190 e. The highest BCUT2D eigenvalue weighted by atomic mass is 32.1. The Morgan fingerprint density at radius 2 is 1.95 bits per heavy atom. The third-order valence-electron chi connectivity index (χ3n) is 3.67. The van der Waals surface area contributed by atoms with E-state index in [2.05, 4.69) is 62.3 Å². The summed E-state index contributed by atoms with van der Waals surface area (Å²) < 4.78 is 0. The van der Waals surface area contributed by atoms with Crippen molar-refractivity contribution in [1.29, 1.82) is 0 Å². The molecule has 1 N–H and O–H groups in total. The highest BCUT2D eigenvalue weighted by molar-refractivity contribution is 7.15. The monoisotopic (exact) mass is 289 g/mol. The zero-order chi connectivity index (χ0) is 14.7. The predicted octanol–water partition coefficient (Wildman–Crippen LogP) is 4.06. The van der Waals surface area contributed by atoms with Crippen molar-refractivity contribution in [3.8, 4) is 0 Å². The number of rotatable bonds is 5. The standard InChI is InChI=1S/C16H23N3S/c1-6-13-7-9-14(10-8-13)19(5)16-18-12(3)15(20-16)11(2)17-4/h7-11,17H,6H2,1-5H3. The van der Waals surface area contributed by atoms with E-state index in [1.165, 1.54) is 16.1 Å². The van der Waals surface area contributed by atoms with Crippen LogP contribution in [-0.4, -0.2) is 19.1 Å². The topological polar surface area (TPSA) is 28.2 Å². The Kier molecular flexibility index (Phi) is 4.78. The van der Waals surface area contributed by atoms with E-state index in [4.69, 9.17) is 4.98 Å². The molecule has 0 saturated carbocycles. The molecule has 1 unspecified atom stereocenters. The third-order valence-corrected chi connectivity index (χ3v) is 5.08. The maximum absolute atomic E-state index is 4.70.